The van der Waals surface area contributed by atoms with Crippen molar-refractivity contribution in [2.75, 3.05) is 6.16 Å². The summed E-state index contributed by atoms with van der Waals surface area (Å²) in [5.41, 5.74) is -13.6. The average Bonchev–Trinajstić information content (AvgIpc) is 3.41. The van der Waals surface area contributed by atoms with Gasteiger partial charge in [-0.2, -0.15) is 0 Å². The first-order valence-electron chi connectivity index (χ1n) is 20.5. The van der Waals surface area contributed by atoms with Crippen LogP contribution in [0, 0.1) is 116 Å². The van der Waals surface area contributed by atoms with Crippen molar-refractivity contribution in [1.82, 2.24) is 0 Å². The molecule has 0 spiro atoms. The van der Waals surface area contributed by atoms with Crippen LogP contribution in [0.5, 0.6) is 0 Å². The van der Waals surface area contributed by atoms with Gasteiger partial charge in [-0.05, 0) is 42.5 Å². The largest absolute Gasteiger partial charge is 0.290 e. The van der Waals surface area contributed by atoms with E-state index in [2.05, 4.69) is 85.4 Å². The fraction of sp³-hybridized carbons (Fsp3) is 0.0200. The zero-order chi connectivity index (χ0) is 54.5. The maximum absolute atomic E-state index is 15.4. The van der Waals surface area contributed by atoms with Gasteiger partial charge in [0.05, 0.1) is 0 Å². The van der Waals surface area contributed by atoms with Crippen molar-refractivity contribution in [3.63, 3.8) is 0 Å². The van der Waals surface area contributed by atoms with E-state index in [-0.39, 0.29) is 5.78 Å². The number of thiol groups is 1. The Kier molecular flexibility index (Phi) is 15.5. The highest BCUT2D eigenvalue weighted by Gasteiger charge is 2.53. The van der Waals surface area contributed by atoms with Gasteiger partial charge in [0.25, 0.3) is 0 Å². The third kappa shape index (κ3) is 8.66. The van der Waals surface area contributed by atoms with Crippen LogP contribution in [-0.2, 0) is 0 Å². The molecule has 1 nitrogen and oxygen atoms in total. The average molecular weight is 1090 g/mol. The summed E-state index contributed by atoms with van der Waals surface area (Å²) in [4.78, 5) is 14.3. The van der Waals surface area contributed by atoms with Gasteiger partial charge in [0.1, 0.15) is 82.0 Å². The minimum Gasteiger partial charge on any atom is -0.290 e. The molecule has 8 rings (SSSR count). The Morgan fingerprint density at radius 2 is 0.514 bits per heavy atom. The van der Waals surface area contributed by atoms with E-state index in [1.165, 1.54) is 15.9 Å². The van der Waals surface area contributed by atoms with Gasteiger partial charge in [-0.15, -0.1) is 34.5 Å². The molecule has 0 saturated carbocycles. The monoisotopic (exact) mass is 1090 g/mol. The number of carbonyl (C=O) groups excluding carboxylic acids is 1. The Morgan fingerprint density at radius 1 is 0.311 bits per heavy atom. The predicted molar refractivity (Wildman–Crippen MR) is 237 cm³/mol. The standard InChI is InChI=1S/C26H21OPS.C24BF20/c27-25(24-18-10-11-19-26(24)29)20-28(21-12-4-1-5-13-21,22-14-6-2-7-15-22)23-16-8-3-9-17-23;26-5-1(6(27)14(35)21(42)13(5)34)25(2-7(28)15(36)22(43)16(37)8(2)29,3-9(30)17(38)23(44)18(39)10(3)31)4-11(32)19(40)24(45)20(41)12(4)33/h1-19H,20H2;/q;-1/p+1. The van der Waals surface area contributed by atoms with Crippen LogP contribution in [0.4, 0.5) is 87.8 Å². The molecule has 0 saturated heterocycles. The first-order valence-corrected chi connectivity index (χ1v) is 22.9. The quantitative estimate of drug-likeness (QED) is 0.0275. The van der Waals surface area contributed by atoms with Gasteiger partial charge in [0.15, 0.2) is 69.8 Å². The summed E-state index contributed by atoms with van der Waals surface area (Å²) in [6.07, 6.45) is -6.78. The number of benzene rings is 8. The number of Topliss-reactive ketones (excluding diaryl/α,β-unsaturated/α-hetero) is 1. The Hall–Kier alpha value is -7.13. The van der Waals surface area contributed by atoms with Crippen LogP contribution in [0.15, 0.2) is 120 Å². The number of hydrogen-bond acceptors (Lipinski definition) is 2. The highest BCUT2D eigenvalue weighted by molar-refractivity contribution is 7.96. The lowest BCUT2D eigenvalue weighted by Gasteiger charge is -2.44. The van der Waals surface area contributed by atoms with Gasteiger partial charge in [-0.3, -0.25) is 4.79 Å². The van der Waals surface area contributed by atoms with E-state index in [4.69, 9.17) is 0 Å². The van der Waals surface area contributed by atoms with Gasteiger partial charge in [-0.1, -0.05) is 72.8 Å². The predicted octanol–water partition coefficient (Wildman–Crippen LogP) is 11.0. The summed E-state index contributed by atoms with van der Waals surface area (Å²) in [6, 6.07) is 39.0. The Morgan fingerprint density at radius 3 is 0.743 bits per heavy atom. The van der Waals surface area contributed by atoms with Crippen molar-refractivity contribution >= 4 is 69.6 Å². The zero-order valence-corrected chi connectivity index (χ0v) is 37.9. The van der Waals surface area contributed by atoms with Gasteiger partial charge >= 0.3 is 0 Å². The first-order chi connectivity index (χ1) is 34.9. The number of ketones is 1. The minimum atomic E-state index is -7.22. The second-order valence-corrected chi connectivity index (χ2v) is 19.7. The molecule has 8 aromatic carbocycles. The molecule has 0 bridgehead atoms. The molecule has 74 heavy (non-hydrogen) atoms. The topological polar surface area (TPSA) is 17.1 Å². The molecule has 0 fully saturated rings. The van der Waals surface area contributed by atoms with E-state index in [1.807, 2.05) is 42.5 Å². The second kappa shape index (κ2) is 21.0. The number of halogens is 20. The molecule has 382 valence electrons. The highest BCUT2D eigenvalue weighted by atomic mass is 32.1. The maximum Gasteiger partial charge on any atom is 0.202 e. The number of carbonyl (C=O) groups is 1. The van der Waals surface area contributed by atoms with Crippen molar-refractivity contribution < 1.29 is 92.6 Å². The Balaban J connectivity index is 0.000000237. The summed E-state index contributed by atoms with van der Waals surface area (Å²) >= 11 is 4.54. The molecular weight excluding hydrogens is 1070 g/mol. The van der Waals surface area contributed by atoms with Crippen LogP contribution in [0.25, 0.3) is 0 Å². The van der Waals surface area contributed by atoms with Crippen molar-refractivity contribution in [3.8, 4) is 0 Å². The summed E-state index contributed by atoms with van der Waals surface area (Å²) in [6.45, 7) is 0. The van der Waals surface area contributed by atoms with E-state index in [0.717, 1.165) is 4.90 Å². The van der Waals surface area contributed by atoms with Crippen LogP contribution in [-0.4, -0.2) is 18.1 Å². The normalized spacial score (nSPS) is 11.7. The van der Waals surface area contributed by atoms with Crippen LogP contribution >= 0.6 is 19.9 Å². The van der Waals surface area contributed by atoms with Crippen molar-refractivity contribution in [3.05, 3.63) is 237 Å². The second-order valence-electron chi connectivity index (χ2n) is 15.7. The first kappa shape index (κ1) is 54.6. The molecule has 8 aromatic rings. The van der Waals surface area contributed by atoms with E-state index in [0.29, 0.717) is 11.7 Å². The lowest BCUT2D eigenvalue weighted by molar-refractivity contribution is 0.101. The minimum absolute atomic E-state index is 0.125. The van der Waals surface area contributed by atoms with Crippen LogP contribution in [0.2, 0.25) is 0 Å². The lowest BCUT2D eigenvalue weighted by Crippen LogP contribution is -2.81. The zero-order valence-electron chi connectivity index (χ0n) is 36.1. The lowest BCUT2D eigenvalue weighted by atomic mass is 9.12. The molecule has 0 aliphatic rings. The highest BCUT2D eigenvalue weighted by Crippen LogP contribution is 2.55. The van der Waals surface area contributed by atoms with Crippen molar-refractivity contribution in [2.24, 2.45) is 0 Å². The molecule has 0 N–H and O–H groups in total. The molecule has 0 aliphatic heterocycles. The summed E-state index contributed by atoms with van der Waals surface area (Å²) in [5, 5.41) is 3.63. The molecular formula is C50H22BF20OPS. The molecule has 0 radical (unpaired) electrons. The van der Waals surface area contributed by atoms with E-state index in [9.17, 15) is 57.5 Å². The molecule has 0 atom stereocenters. The number of rotatable bonds is 10. The van der Waals surface area contributed by atoms with Gasteiger partial charge in [0, 0.05) is 10.5 Å². The third-order valence-corrected chi connectivity index (χ3v) is 16.6. The Labute approximate surface area is 409 Å². The van der Waals surface area contributed by atoms with Gasteiger partial charge < -0.3 is 0 Å². The van der Waals surface area contributed by atoms with E-state index >= 15 is 35.1 Å². The fourth-order valence-electron chi connectivity index (χ4n) is 8.65. The van der Waals surface area contributed by atoms with E-state index < -0.39 is 152 Å². The Bertz CT molecular complexity index is 3040. The van der Waals surface area contributed by atoms with Crippen LogP contribution < -0.4 is 37.8 Å². The van der Waals surface area contributed by atoms with E-state index in [1.54, 1.807) is 0 Å². The van der Waals surface area contributed by atoms with Crippen LogP contribution in [0.3, 0.4) is 0 Å². The molecule has 0 heterocycles. The molecule has 24 heteroatoms. The molecule has 0 aromatic heterocycles. The van der Waals surface area contributed by atoms with Crippen LogP contribution in [0.1, 0.15) is 10.4 Å². The van der Waals surface area contributed by atoms with Crippen molar-refractivity contribution in [2.45, 2.75) is 4.90 Å². The van der Waals surface area contributed by atoms with Gasteiger partial charge in [0.2, 0.25) is 5.78 Å². The summed E-state index contributed by atoms with van der Waals surface area (Å²) < 4.78 is 294. The fourth-order valence-corrected chi connectivity index (χ4v) is 13.0. The van der Waals surface area contributed by atoms with Crippen molar-refractivity contribution in [1.29, 1.82) is 0 Å². The molecule has 0 aliphatic carbocycles. The SMILES string of the molecule is Fc1c(F)c(F)c([B-](c2c(F)c(F)c(F)c(F)c2F)(c2c(F)c(F)c(F)c(F)c2F)c2c(F)c(F)c(F)c(F)c2F)c(F)c1F.O=C(C[P+](c1ccccc1)(c1ccccc1)c1ccccc1)c1ccccc1S. The maximum atomic E-state index is 15.4. The number of hydrogen-bond donors (Lipinski definition) is 1. The summed E-state index contributed by atoms with van der Waals surface area (Å²) in [5.74, 6) is -71.3. The molecule has 0 unspecified atom stereocenters. The summed E-state index contributed by atoms with van der Waals surface area (Å²) in [7, 11) is -2.18. The smallest absolute Gasteiger partial charge is 0.202 e. The van der Waals surface area contributed by atoms with Gasteiger partial charge in [-0.25, -0.2) is 87.8 Å². The molecule has 0 amide bonds. The third-order valence-electron chi connectivity index (χ3n) is 11.9.